The highest BCUT2D eigenvalue weighted by Crippen LogP contribution is 2.14. The molecule has 0 fully saturated rings. The molecule has 2 aromatic heterocycles. The van der Waals surface area contributed by atoms with E-state index in [2.05, 4.69) is 20.6 Å². The highest BCUT2D eigenvalue weighted by molar-refractivity contribution is 7.09. The lowest BCUT2D eigenvalue weighted by atomic mass is 10.1. The average Bonchev–Trinajstić information content (AvgIpc) is 3.16. The van der Waals surface area contributed by atoms with Gasteiger partial charge in [-0.15, -0.1) is 11.3 Å². The second kappa shape index (κ2) is 8.15. The fraction of sp³-hybridized carbons (Fsp3) is 0.0952. The number of aromatic nitrogens is 3. The van der Waals surface area contributed by atoms with Gasteiger partial charge in [-0.25, -0.2) is 15.1 Å². The summed E-state index contributed by atoms with van der Waals surface area (Å²) < 4.78 is 1.31. The molecule has 2 aromatic carbocycles. The van der Waals surface area contributed by atoms with Crippen LogP contribution in [0.25, 0.3) is 10.8 Å². The number of carbonyl (C=O) groups excluding carboxylic acids is 1. The lowest BCUT2D eigenvalue weighted by Gasteiger charge is -2.10. The molecule has 0 unspecified atom stereocenters. The van der Waals surface area contributed by atoms with Crippen molar-refractivity contribution >= 4 is 34.2 Å². The molecule has 7 nitrogen and oxygen atoms in total. The van der Waals surface area contributed by atoms with Crippen molar-refractivity contribution in [3.63, 3.8) is 0 Å². The Hall–Kier alpha value is -3.65. The van der Waals surface area contributed by atoms with Gasteiger partial charge >= 0.3 is 0 Å². The Kier molecular flexibility index (Phi) is 5.26. The van der Waals surface area contributed by atoms with Crippen molar-refractivity contribution in [2.24, 2.45) is 5.10 Å². The standard InChI is InChI=1S/C21H17N5O2S/c1-14-23-16(13-29-14)11-22-24-20(27)19-17-9-5-6-10-18(17)21(28)26(25-19)12-15-7-3-2-4-8-15/h2-11,13H,12H2,1H3,(H,24,27)/b22-11-. The Bertz CT molecular complexity index is 1260. The Labute approximate surface area is 170 Å². The molecule has 8 heteroatoms. The van der Waals surface area contributed by atoms with Crippen LogP contribution in [0.5, 0.6) is 0 Å². The average molecular weight is 403 g/mol. The van der Waals surface area contributed by atoms with Gasteiger partial charge in [0.05, 0.1) is 28.8 Å². The zero-order chi connectivity index (χ0) is 20.2. The van der Waals surface area contributed by atoms with Gasteiger partial charge in [0.2, 0.25) is 0 Å². The molecule has 0 atom stereocenters. The minimum absolute atomic E-state index is 0.141. The minimum Gasteiger partial charge on any atom is -0.267 e. The molecular weight excluding hydrogens is 386 g/mol. The molecule has 4 aromatic rings. The van der Waals surface area contributed by atoms with Gasteiger partial charge in [-0.05, 0) is 18.6 Å². The first-order chi connectivity index (χ1) is 14.1. The Morgan fingerprint density at radius 2 is 1.86 bits per heavy atom. The summed E-state index contributed by atoms with van der Waals surface area (Å²) in [4.78, 5) is 29.9. The zero-order valence-corrected chi connectivity index (χ0v) is 16.4. The number of benzene rings is 2. The van der Waals surface area contributed by atoms with E-state index in [1.807, 2.05) is 42.6 Å². The maximum atomic E-state index is 12.8. The maximum absolute atomic E-state index is 12.8. The number of aryl methyl sites for hydroxylation is 1. The van der Waals surface area contributed by atoms with E-state index in [1.165, 1.54) is 22.2 Å². The molecular formula is C21H17N5O2S. The van der Waals surface area contributed by atoms with Crippen molar-refractivity contribution in [3.05, 3.63) is 92.3 Å². The van der Waals surface area contributed by atoms with Crippen LogP contribution in [0.2, 0.25) is 0 Å². The first kappa shape index (κ1) is 18.7. The largest absolute Gasteiger partial charge is 0.292 e. The van der Waals surface area contributed by atoms with Crippen molar-refractivity contribution in [2.75, 3.05) is 0 Å². The summed E-state index contributed by atoms with van der Waals surface area (Å²) in [7, 11) is 0. The van der Waals surface area contributed by atoms with Crippen LogP contribution >= 0.6 is 11.3 Å². The first-order valence-electron chi connectivity index (χ1n) is 8.91. The van der Waals surface area contributed by atoms with Crippen LogP contribution in [0.3, 0.4) is 0 Å². The molecule has 0 radical (unpaired) electrons. The topological polar surface area (TPSA) is 89.2 Å². The van der Waals surface area contributed by atoms with Crippen LogP contribution in [0.1, 0.15) is 26.8 Å². The predicted molar refractivity (Wildman–Crippen MR) is 113 cm³/mol. The summed E-state index contributed by atoms with van der Waals surface area (Å²) in [5.41, 5.74) is 3.95. The van der Waals surface area contributed by atoms with E-state index in [0.29, 0.717) is 16.5 Å². The van der Waals surface area contributed by atoms with Crippen LogP contribution < -0.4 is 11.0 Å². The van der Waals surface area contributed by atoms with Crippen molar-refractivity contribution in [1.29, 1.82) is 0 Å². The Morgan fingerprint density at radius 3 is 2.59 bits per heavy atom. The van der Waals surface area contributed by atoms with Gasteiger partial charge in [0.25, 0.3) is 11.5 Å². The van der Waals surface area contributed by atoms with E-state index in [1.54, 1.807) is 24.3 Å². The third-order valence-corrected chi connectivity index (χ3v) is 5.05. The molecule has 29 heavy (non-hydrogen) atoms. The summed E-state index contributed by atoms with van der Waals surface area (Å²) in [5, 5.41) is 12.0. The van der Waals surface area contributed by atoms with E-state index >= 15 is 0 Å². The lowest BCUT2D eigenvalue weighted by Crippen LogP contribution is -2.29. The summed E-state index contributed by atoms with van der Waals surface area (Å²) in [5.74, 6) is -0.494. The van der Waals surface area contributed by atoms with Gasteiger partial charge < -0.3 is 0 Å². The Balaban J connectivity index is 1.68. The van der Waals surface area contributed by atoms with Gasteiger partial charge in [0, 0.05) is 10.8 Å². The highest BCUT2D eigenvalue weighted by Gasteiger charge is 2.16. The molecule has 0 bridgehead atoms. The maximum Gasteiger partial charge on any atom is 0.292 e. The molecule has 0 aliphatic heterocycles. The normalized spacial score (nSPS) is 11.2. The number of thiazole rings is 1. The van der Waals surface area contributed by atoms with Gasteiger partial charge in [-0.1, -0.05) is 48.5 Å². The quantitative estimate of drug-likeness (QED) is 0.410. The second-order valence-electron chi connectivity index (χ2n) is 6.33. The van der Waals surface area contributed by atoms with E-state index in [0.717, 1.165) is 10.6 Å². The van der Waals surface area contributed by atoms with Crippen molar-refractivity contribution in [2.45, 2.75) is 13.5 Å². The molecule has 0 aliphatic carbocycles. The molecule has 2 heterocycles. The Morgan fingerprint density at radius 1 is 1.14 bits per heavy atom. The van der Waals surface area contributed by atoms with Crippen LogP contribution in [0.4, 0.5) is 0 Å². The molecule has 144 valence electrons. The first-order valence-corrected chi connectivity index (χ1v) is 9.79. The monoisotopic (exact) mass is 403 g/mol. The van der Waals surface area contributed by atoms with Gasteiger partial charge in [0.1, 0.15) is 0 Å². The van der Waals surface area contributed by atoms with Gasteiger partial charge in [0.15, 0.2) is 5.69 Å². The molecule has 1 N–H and O–H groups in total. The minimum atomic E-state index is -0.494. The van der Waals surface area contributed by atoms with Crippen LogP contribution in [-0.4, -0.2) is 26.9 Å². The third kappa shape index (κ3) is 4.12. The van der Waals surface area contributed by atoms with Gasteiger partial charge in [-0.3, -0.25) is 9.59 Å². The second-order valence-corrected chi connectivity index (χ2v) is 7.40. The zero-order valence-electron chi connectivity index (χ0n) is 15.6. The van der Waals surface area contributed by atoms with E-state index in [4.69, 9.17) is 0 Å². The van der Waals surface area contributed by atoms with E-state index in [-0.39, 0.29) is 17.8 Å². The molecule has 0 aliphatic rings. The molecule has 0 saturated carbocycles. The molecule has 1 amide bonds. The molecule has 4 rings (SSSR count). The van der Waals surface area contributed by atoms with Crippen molar-refractivity contribution in [1.82, 2.24) is 20.2 Å². The van der Waals surface area contributed by atoms with E-state index < -0.39 is 5.91 Å². The van der Waals surface area contributed by atoms with Crippen LogP contribution in [0, 0.1) is 6.92 Å². The van der Waals surface area contributed by atoms with Gasteiger partial charge in [-0.2, -0.15) is 10.2 Å². The smallest absolute Gasteiger partial charge is 0.267 e. The number of rotatable bonds is 5. The molecule has 0 spiro atoms. The summed E-state index contributed by atoms with van der Waals surface area (Å²) in [6, 6.07) is 16.4. The molecule has 0 saturated heterocycles. The number of fused-ring (bicyclic) bond motifs is 1. The number of carbonyl (C=O) groups is 1. The van der Waals surface area contributed by atoms with E-state index in [9.17, 15) is 9.59 Å². The predicted octanol–water partition coefficient (Wildman–Crippen LogP) is 2.97. The third-order valence-electron chi connectivity index (χ3n) is 4.26. The number of nitrogens with zero attached hydrogens (tertiary/aromatic N) is 4. The fourth-order valence-electron chi connectivity index (χ4n) is 2.92. The van der Waals surface area contributed by atoms with Crippen LogP contribution in [-0.2, 0) is 6.54 Å². The van der Waals surface area contributed by atoms with Crippen LogP contribution in [0.15, 0.2) is 69.9 Å². The summed E-state index contributed by atoms with van der Waals surface area (Å²) >= 11 is 1.50. The number of hydrazone groups is 1. The summed E-state index contributed by atoms with van der Waals surface area (Å²) in [6.07, 6.45) is 1.48. The fourth-order valence-corrected chi connectivity index (χ4v) is 3.48. The number of hydrogen-bond acceptors (Lipinski definition) is 6. The van der Waals surface area contributed by atoms with Crippen molar-refractivity contribution < 1.29 is 4.79 Å². The van der Waals surface area contributed by atoms with Crippen molar-refractivity contribution in [3.8, 4) is 0 Å². The number of amides is 1. The lowest BCUT2D eigenvalue weighted by molar-refractivity contribution is 0.0949. The number of nitrogens with one attached hydrogen (secondary N) is 1. The SMILES string of the molecule is Cc1nc(/C=N\NC(=O)c2nn(Cc3ccccc3)c(=O)c3ccccc23)cs1. The highest BCUT2D eigenvalue weighted by atomic mass is 32.1. The summed E-state index contributed by atoms with van der Waals surface area (Å²) in [6.45, 7) is 2.17. The number of hydrogen-bond donors (Lipinski definition) is 1.